The molecule has 0 fully saturated rings. The molecule has 1 aromatic heterocycles. The van der Waals surface area contributed by atoms with E-state index in [0.717, 1.165) is 43.7 Å². The van der Waals surface area contributed by atoms with Crippen molar-refractivity contribution >= 4 is 5.82 Å². The van der Waals surface area contributed by atoms with Crippen molar-refractivity contribution in [1.29, 1.82) is 0 Å². The van der Waals surface area contributed by atoms with Gasteiger partial charge in [0.25, 0.3) is 0 Å². The number of halogens is 1. The van der Waals surface area contributed by atoms with Gasteiger partial charge in [0.2, 0.25) is 0 Å². The second kappa shape index (κ2) is 8.64. The van der Waals surface area contributed by atoms with Gasteiger partial charge in [-0.15, -0.1) is 6.58 Å². The molecular weight excluding hydrogens is 241 g/mol. The maximum Gasteiger partial charge on any atom is 0.141 e. The van der Waals surface area contributed by atoms with Crippen LogP contribution in [0, 0.1) is 5.82 Å². The number of hydrogen-bond donors (Lipinski definition) is 1. The smallest absolute Gasteiger partial charge is 0.141 e. The lowest BCUT2D eigenvalue weighted by Crippen LogP contribution is -2.23. The normalized spacial score (nSPS) is 10.5. The molecule has 106 valence electrons. The molecule has 0 radical (unpaired) electrons. The number of nitrogens with zero attached hydrogens (tertiary/aromatic N) is 2. The molecule has 0 aliphatic carbocycles. The Morgan fingerprint density at radius 3 is 3.00 bits per heavy atom. The highest BCUT2D eigenvalue weighted by atomic mass is 19.1. The summed E-state index contributed by atoms with van der Waals surface area (Å²) in [7, 11) is 1.99. The van der Waals surface area contributed by atoms with Gasteiger partial charge in [-0.1, -0.05) is 13.0 Å². The molecule has 1 rings (SSSR count). The summed E-state index contributed by atoms with van der Waals surface area (Å²) in [5, 5.41) is 3.29. The van der Waals surface area contributed by atoms with Crippen LogP contribution in [0.15, 0.2) is 24.9 Å². The number of allylic oxidation sites excluding steroid dienone is 1. The molecule has 0 saturated carbocycles. The summed E-state index contributed by atoms with van der Waals surface area (Å²) in [5.74, 6) is 0.575. The predicted molar refractivity (Wildman–Crippen MR) is 78.9 cm³/mol. The van der Waals surface area contributed by atoms with Crippen molar-refractivity contribution in [2.24, 2.45) is 0 Å². The molecule has 1 N–H and O–H groups in total. The number of aromatic nitrogens is 1. The molecule has 0 atom stereocenters. The molecule has 0 aliphatic rings. The van der Waals surface area contributed by atoms with E-state index in [1.807, 2.05) is 13.1 Å². The van der Waals surface area contributed by atoms with Crippen LogP contribution in [0.2, 0.25) is 0 Å². The third-order valence-electron chi connectivity index (χ3n) is 2.92. The summed E-state index contributed by atoms with van der Waals surface area (Å²) in [6, 6.07) is 1.56. The SMILES string of the molecule is C=CCCCN(C)c1ncc(F)cc1CNCCC. The minimum absolute atomic E-state index is 0.281. The Kier molecular flexibility index (Phi) is 7.11. The molecule has 0 aliphatic heterocycles. The Balaban J connectivity index is 2.71. The largest absolute Gasteiger partial charge is 0.359 e. The minimum Gasteiger partial charge on any atom is -0.359 e. The van der Waals surface area contributed by atoms with Gasteiger partial charge in [-0.3, -0.25) is 0 Å². The summed E-state index contributed by atoms with van der Waals surface area (Å²) in [5.41, 5.74) is 0.912. The van der Waals surface area contributed by atoms with Crippen LogP contribution in [0.3, 0.4) is 0 Å². The van der Waals surface area contributed by atoms with Crippen molar-refractivity contribution in [2.45, 2.75) is 32.7 Å². The number of hydrogen-bond acceptors (Lipinski definition) is 3. The predicted octanol–water partition coefficient (Wildman–Crippen LogP) is 3.12. The van der Waals surface area contributed by atoms with Crippen molar-refractivity contribution < 1.29 is 4.39 Å². The lowest BCUT2D eigenvalue weighted by molar-refractivity contribution is 0.610. The van der Waals surface area contributed by atoms with Gasteiger partial charge < -0.3 is 10.2 Å². The zero-order valence-electron chi connectivity index (χ0n) is 12.0. The highest BCUT2D eigenvalue weighted by molar-refractivity contribution is 5.46. The maximum absolute atomic E-state index is 13.3. The first-order chi connectivity index (χ1) is 9.19. The quantitative estimate of drug-likeness (QED) is 0.549. The van der Waals surface area contributed by atoms with Gasteiger partial charge in [-0.25, -0.2) is 9.37 Å². The van der Waals surface area contributed by atoms with Gasteiger partial charge in [0.1, 0.15) is 11.6 Å². The van der Waals surface area contributed by atoms with Crippen LogP contribution in [0.5, 0.6) is 0 Å². The van der Waals surface area contributed by atoms with E-state index >= 15 is 0 Å². The Hall–Kier alpha value is -1.42. The summed E-state index contributed by atoms with van der Waals surface area (Å²) in [4.78, 5) is 6.30. The van der Waals surface area contributed by atoms with E-state index in [0.29, 0.717) is 6.54 Å². The average Bonchev–Trinajstić information content (AvgIpc) is 2.39. The van der Waals surface area contributed by atoms with Crippen LogP contribution in [0.1, 0.15) is 31.7 Å². The van der Waals surface area contributed by atoms with E-state index < -0.39 is 0 Å². The lowest BCUT2D eigenvalue weighted by atomic mass is 10.2. The second-order valence-electron chi connectivity index (χ2n) is 4.67. The Morgan fingerprint density at radius 2 is 2.32 bits per heavy atom. The zero-order valence-corrected chi connectivity index (χ0v) is 12.0. The van der Waals surface area contributed by atoms with Crippen molar-refractivity contribution in [3.05, 3.63) is 36.3 Å². The summed E-state index contributed by atoms with van der Waals surface area (Å²) < 4.78 is 13.3. The number of anilines is 1. The van der Waals surface area contributed by atoms with E-state index in [1.54, 1.807) is 6.07 Å². The van der Waals surface area contributed by atoms with Crippen molar-refractivity contribution in [2.75, 3.05) is 25.0 Å². The standard InChI is InChI=1S/C15H24FN3/c1-4-6-7-9-19(3)15-13(11-17-8-5-2)10-14(16)12-18-15/h4,10,12,17H,1,5-9,11H2,2-3H3. The molecular formula is C15H24FN3. The fourth-order valence-corrected chi connectivity index (χ4v) is 1.93. The topological polar surface area (TPSA) is 28.2 Å². The van der Waals surface area contributed by atoms with E-state index in [-0.39, 0.29) is 5.82 Å². The minimum atomic E-state index is -0.281. The average molecular weight is 265 g/mol. The van der Waals surface area contributed by atoms with Gasteiger partial charge in [0.05, 0.1) is 6.20 Å². The van der Waals surface area contributed by atoms with Crippen molar-refractivity contribution in [3.8, 4) is 0 Å². The zero-order chi connectivity index (χ0) is 14.1. The van der Waals surface area contributed by atoms with Crippen LogP contribution in [0.25, 0.3) is 0 Å². The van der Waals surface area contributed by atoms with Crippen molar-refractivity contribution in [1.82, 2.24) is 10.3 Å². The molecule has 1 heterocycles. The molecule has 0 bridgehead atoms. The summed E-state index contributed by atoms with van der Waals surface area (Å²) in [6.07, 6.45) is 6.27. The van der Waals surface area contributed by atoms with Gasteiger partial charge in [-0.05, 0) is 31.9 Å². The number of unbranched alkanes of at least 4 members (excludes halogenated alkanes) is 1. The van der Waals surface area contributed by atoms with Crippen LogP contribution < -0.4 is 10.2 Å². The van der Waals surface area contributed by atoms with E-state index in [1.165, 1.54) is 6.20 Å². The summed E-state index contributed by atoms with van der Waals surface area (Å²) >= 11 is 0. The molecule has 0 unspecified atom stereocenters. The molecule has 0 amide bonds. The van der Waals surface area contributed by atoms with Gasteiger partial charge in [0.15, 0.2) is 0 Å². The third-order valence-corrected chi connectivity index (χ3v) is 2.92. The van der Waals surface area contributed by atoms with E-state index in [9.17, 15) is 4.39 Å². The second-order valence-corrected chi connectivity index (χ2v) is 4.67. The maximum atomic E-state index is 13.3. The summed E-state index contributed by atoms with van der Waals surface area (Å²) in [6.45, 7) is 8.30. The van der Waals surface area contributed by atoms with Crippen LogP contribution in [0.4, 0.5) is 10.2 Å². The lowest BCUT2D eigenvalue weighted by Gasteiger charge is -2.21. The Bertz CT molecular complexity index is 393. The van der Waals surface area contributed by atoms with Crippen molar-refractivity contribution in [3.63, 3.8) is 0 Å². The third kappa shape index (κ3) is 5.39. The molecule has 0 saturated heterocycles. The first kappa shape index (κ1) is 15.6. The van der Waals surface area contributed by atoms with Gasteiger partial charge in [-0.2, -0.15) is 0 Å². The number of nitrogens with one attached hydrogen (secondary N) is 1. The monoisotopic (exact) mass is 265 g/mol. The molecule has 4 heteroatoms. The molecule has 19 heavy (non-hydrogen) atoms. The van der Waals surface area contributed by atoms with Crippen LogP contribution >= 0.6 is 0 Å². The highest BCUT2D eigenvalue weighted by Crippen LogP contribution is 2.17. The molecule has 1 aromatic rings. The van der Waals surface area contributed by atoms with Gasteiger partial charge in [0, 0.05) is 25.7 Å². The van der Waals surface area contributed by atoms with E-state index in [2.05, 4.69) is 28.7 Å². The number of rotatable bonds is 9. The first-order valence-electron chi connectivity index (χ1n) is 6.86. The number of pyridine rings is 1. The molecule has 3 nitrogen and oxygen atoms in total. The highest BCUT2D eigenvalue weighted by Gasteiger charge is 2.10. The first-order valence-corrected chi connectivity index (χ1v) is 6.86. The fourth-order valence-electron chi connectivity index (χ4n) is 1.93. The Labute approximate surface area is 115 Å². The molecule has 0 spiro atoms. The van der Waals surface area contributed by atoms with Crippen LogP contribution in [-0.2, 0) is 6.54 Å². The van der Waals surface area contributed by atoms with E-state index in [4.69, 9.17) is 0 Å². The molecule has 0 aromatic carbocycles. The van der Waals surface area contributed by atoms with Crippen LogP contribution in [-0.4, -0.2) is 25.1 Å². The fraction of sp³-hybridized carbons (Fsp3) is 0.533. The van der Waals surface area contributed by atoms with Gasteiger partial charge >= 0.3 is 0 Å². The Morgan fingerprint density at radius 1 is 1.53 bits per heavy atom.